The molecule has 0 aliphatic carbocycles. The zero-order chi connectivity index (χ0) is 14.3. The fraction of sp³-hybridized carbons (Fsp3) is 0.800. The molecule has 1 atom stereocenters. The van der Waals surface area contributed by atoms with Crippen LogP contribution in [0.4, 0.5) is 0 Å². The first kappa shape index (κ1) is 16.2. The number of aryl methyl sites for hydroxylation is 1. The summed E-state index contributed by atoms with van der Waals surface area (Å²) in [6.45, 7) is 10.6. The number of hydrogen-bond acceptors (Lipinski definition) is 3. The van der Waals surface area contributed by atoms with E-state index in [9.17, 15) is 0 Å². The lowest BCUT2D eigenvalue weighted by Gasteiger charge is -2.29. The van der Waals surface area contributed by atoms with E-state index in [0.29, 0.717) is 6.04 Å². The normalized spacial score (nSPS) is 13.7. The number of hydrogen-bond donors (Lipinski definition) is 1. The predicted octanol–water partition coefficient (Wildman–Crippen LogP) is 3.15. The highest BCUT2D eigenvalue weighted by Gasteiger charge is 2.25. The van der Waals surface area contributed by atoms with E-state index in [4.69, 9.17) is 4.74 Å². The van der Waals surface area contributed by atoms with Gasteiger partial charge in [-0.1, -0.05) is 13.8 Å². The minimum Gasteiger partial charge on any atom is -0.379 e. The molecule has 4 heteroatoms. The largest absolute Gasteiger partial charge is 0.379 e. The van der Waals surface area contributed by atoms with Gasteiger partial charge in [0.1, 0.15) is 0 Å². The molecule has 0 saturated heterocycles. The molecule has 0 bridgehead atoms. The quantitative estimate of drug-likeness (QED) is 0.747. The average Bonchev–Trinajstić information content (AvgIpc) is 2.83. The van der Waals surface area contributed by atoms with Crippen molar-refractivity contribution in [1.82, 2.24) is 15.1 Å². The highest BCUT2D eigenvalue weighted by Crippen LogP contribution is 2.26. The molecule has 0 spiro atoms. The van der Waals surface area contributed by atoms with Gasteiger partial charge in [0, 0.05) is 19.9 Å². The molecule has 1 aromatic rings. The summed E-state index contributed by atoms with van der Waals surface area (Å²) in [5, 5.41) is 8.05. The van der Waals surface area contributed by atoms with E-state index in [2.05, 4.69) is 48.9 Å². The minimum absolute atomic E-state index is 0.132. The summed E-state index contributed by atoms with van der Waals surface area (Å²) in [5.74, 6) is 0. The fourth-order valence-corrected chi connectivity index (χ4v) is 2.21. The maximum atomic E-state index is 5.58. The third-order valence-corrected chi connectivity index (χ3v) is 3.43. The molecule has 1 heterocycles. The number of aromatic nitrogens is 2. The van der Waals surface area contributed by atoms with E-state index in [1.54, 1.807) is 7.11 Å². The first-order valence-electron chi connectivity index (χ1n) is 7.34. The van der Waals surface area contributed by atoms with Gasteiger partial charge in [-0.2, -0.15) is 5.10 Å². The van der Waals surface area contributed by atoms with Crippen molar-refractivity contribution < 1.29 is 4.74 Å². The van der Waals surface area contributed by atoms with E-state index in [1.807, 2.05) is 6.20 Å². The third-order valence-electron chi connectivity index (χ3n) is 3.43. The Labute approximate surface area is 117 Å². The van der Waals surface area contributed by atoms with Gasteiger partial charge in [0.05, 0.1) is 17.3 Å². The predicted molar refractivity (Wildman–Crippen MR) is 79.3 cm³/mol. The summed E-state index contributed by atoms with van der Waals surface area (Å²) < 4.78 is 7.69. The highest BCUT2D eigenvalue weighted by molar-refractivity contribution is 5.08. The van der Waals surface area contributed by atoms with E-state index in [0.717, 1.165) is 32.4 Å². The summed E-state index contributed by atoms with van der Waals surface area (Å²) in [4.78, 5) is 0. The first-order valence-corrected chi connectivity index (χ1v) is 7.34. The van der Waals surface area contributed by atoms with Crippen molar-refractivity contribution in [3.63, 3.8) is 0 Å². The molecule has 110 valence electrons. The number of rotatable bonds is 9. The van der Waals surface area contributed by atoms with E-state index in [1.165, 1.54) is 5.69 Å². The van der Waals surface area contributed by atoms with Crippen LogP contribution in [-0.4, -0.2) is 29.0 Å². The molecule has 0 radical (unpaired) electrons. The molecular formula is C15H29N3O. The van der Waals surface area contributed by atoms with Gasteiger partial charge in [0.15, 0.2) is 0 Å². The molecule has 0 aliphatic heterocycles. The van der Waals surface area contributed by atoms with Crippen LogP contribution in [0.3, 0.4) is 0 Å². The van der Waals surface area contributed by atoms with E-state index < -0.39 is 0 Å². The maximum absolute atomic E-state index is 5.58. The Morgan fingerprint density at radius 1 is 1.37 bits per heavy atom. The topological polar surface area (TPSA) is 39.1 Å². The summed E-state index contributed by atoms with van der Waals surface area (Å²) in [6, 6.07) is 2.42. The Morgan fingerprint density at radius 2 is 2.11 bits per heavy atom. The van der Waals surface area contributed by atoms with Crippen LogP contribution < -0.4 is 5.32 Å². The van der Waals surface area contributed by atoms with Crippen molar-refractivity contribution in [2.45, 2.75) is 65.1 Å². The van der Waals surface area contributed by atoms with Crippen molar-refractivity contribution in [3.05, 3.63) is 18.0 Å². The Bertz CT molecular complexity index is 360. The third kappa shape index (κ3) is 4.96. The Hall–Kier alpha value is -0.870. The van der Waals surface area contributed by atoms with Gasteiger partial charge in [-0.25, -0.2) is 0 Å². The zero-order valence-corrected chi connectivity index (χ0v) is 13.1. The molecular weight excluding hydrogens is 238 g/mol. The minimum atomic E-state index is -0.132. The van der Waals surface area contributed by atoms with Gasteiger partial charge in [-0.3, -0.25) is 4.68 Å². The van der Waals surface area contributed by atoms with Crippen molar-refractivity contribution >= 4 is 0 Å². The second-order valence-corrected chi connectivity index (χ2v) is 5.65. The van der Waals surface area contributed by atoms with E-state index in [-0.39, 0.29) is 5.60 Å². The first-order chi connectivity index (χ1) is 9.04. The zero-order valence-electron chi connectivity index (χ0n) is 13.1. The molecule has 1 aromatic heterocycles. The van der Waals surface area contributed by atoms with Gasteiger partial charge in [-0.15, -0.1) is 0 Å². The summed E-state index contributed by atoms with van der Waals surface area (Å²) in [5.41, 5.74) is 1.13. The van der Waals surface area contributed by atoms with Gasteiger partial charge in [0.2, 0.25) is 0 Å². The average molecular weight is 267 g/mol. The molecule has 0 saturated carbocycles. The molecule has 0 aliphatic rings. The lowest BCUT2D eigenvalue weighted by atomic mass is 9.96. The molecule has 19 heavy (non-hydrogen) atoms. The standard InChI is InChI=1S/C15H29N3O/c1-6-9-16-13(12-15(3,4)19-5)14-8-10-17-18(14)11-7-2/h8,10,13,16H,6-7,9,11-12H2,1-5H3. The number of nitrogens with one attached hydrogen (secondary N) is 1. The second kappa shape index (κ2) is 7.65. The number of methoxy groups -OCH3 is 1. The van der Waals surface area contributed by atoms with Gasteiger partial charge < -0.3 is 10.1 Å². The second-order valence-electron chi connectivity index (χ2n) is 5.65. The van der Waals surface area contributed by atoms with Crippen molar-refractivity contribution in [2.75, 3.05) is 13.7 Å². The monoisotopic (exact) mass is 267 g/mol. The molecule has 0 fully saturated rings. The van der Waals surface area contributed by atoms with Crippen LogP contribution >= 0.6 is 0 Å². The number of ether oxygens (including phenoxy) is 1. The van der Waals surface area contributed by atoms with Crippen LogP contribution in [0.2, 0.25) is 0 Å². The van der Waals surface area contributed by atoms with Gasteiger partial charge in [-0.05, 0) is 45.7 Å². The van der Waals surface area contributed by atoms with E-state index >= 15 is 0 Å². The Morgan fingerprint density at radius 3 is 2.68 bits per heavy atom. The molecule has 0 amide bonds. The molecule has 1 N–H and O–H groups in total. The SMILES string of the molecule is CCCNC(CC(C)(C)OC)c1ccnn1CCC. The number of nitrogens with zero attached hydrogens (tertiary/aromatic N) is 2. The molecule has 0 aromatic carbocycles. The van der Waals surface area contributed by atoms with Crippen molar-refractivity contribution in [2.24, 2.45) is 0 Å². The van der Waals surface area contributed by atoms with Crippen LogP contribution in [0.25, 0.3) is 0 Å². The van der Waals surface area contributed by atoms with Gasteiger partial charge >= 0.3 is 0 Å². The summed E-state index contributed by atoms with van der Waals surface area (Å²) >= 11 is 0. The summed E-state index contributed by atoms with van der Waals surface area (Å²) in [6.07, 6.45) is 5.07. The smallest absolute Gasteiger partial charge is 0.0641 e. The van der Waals surface area contributed by atoms with Crippen LogP contribution in [0.15, 0.2) is 12.3 Å². The van der Waals surface area contributed by atoms with Crippen molar-refractivity contribution in [1.29, 1.82) is 0 Å². The van der Waals surface area contributed by atoms with Crippen LogP contribution in [0.1, 0.15) is 58.7 Å². The Balaban J connectivity index is 2.85. The molecule has 4 nitrogen and oxygen atoms in total. The van der Waals surface area contributed by atoms with Crippen LogP contribution in [0.5, 0.6) is 0 Å². The maximum Gasteiger partial charge on any atom is 0.0641 e. The Kier molecular flexibility index (Phi) is 6.52. The molecule has 1 rings (SSSR count). The lowest BCUT2D eigenvalue weighted by molar-refractivity contribution is 0.00612. The van der Waals surface area contributed by atoms with Crippen molar-refractivity contribution in [3.8, 4) is 0 Å². The lowest BCUT2D eigenvalue weighted by Crippen LogP contribution is -2.33. The van der Waals surface area contributed by atoms with Gasteiger partial charge in [0.25, 0.3) is 0 Å². The molecule has 1 unspecified atom stereocenters. The summed E-state index contributed by atoms with van der Waals surface area (Å²) in [7, 11) is 1.78. The fourth-order valence-electron chi connectivity index (χ4n) is 2.21. The van der Waals surface area contributed by atoms with Crippen LogP contribution in [0, 0.1) is 0 Å². The van der Waals surface area contributed by atoms with Crippen LogP contribution in [-0.2, 0) is 11.3 Å². The highest BCUT2D eigenvalue weighted by atomic mass is 16.5.